The smallest absolute Gasteiger partial charge is 0.409 e. The highest BCUT2D eigenvalue weighted by Gasteiger charge is 2.27. The SMILES string of the molecule is CC(C)COC(=O)N1CCCN(CC(=O)Nc2cccc(S(=O)(=O)N3CCOCC3)c2)CC1. The number of nitrogens with one attached hydrogen (secondary N) is 1. The number of anilines is 1. The predicted molar refractivity (Wildman–Crippen MR) is 123 cm³/mol. The average molecular weight is 483 g/mol. The van der Waals surface area contributed by atoms with E-state index in [0.717, 1.165) is 6.42 Å². The van der Waals surface area contributed by atoms with Crippen LogP contribution in [0.1, 0.15) is 20.3 Å². The third kappa shape index (κ3) is 7.39. The molecule has 0 atom stereocenters. The third-order valence-electron chi connectivity index (χ3n) is 5.48. The Morgan fingerprint density at radius 3 is 2.58 bits per heavy atom. The van der Waals surface area contributed by atoms with E-state index in [2.05, 4.69) is 5.32 Å². The van der Waals surface area contributed by atoms with Gasteiger partial charge in [-0.05, 0) is 30.5 Å². The molecule has 1 N–H and O–H groups in total. The lowest BCUT2D eigenvalue weighted by atomic mass is 10.2. The van der Waals surface area contributed by atoms with Gasteiger partial charge in [0.05, 0.1) is 31.3 Å². The van der Waals surface area contributed by atoms with Gasteiger partial charge in [-0.3, -0.25) is 9.69 Å². The molecule has 2 fully saturated rings. The predicted octanol–water partition coefficient (Wildman–Crippen LogP) is 1.45. The molecule has 0 unspecified atom stereocenters. The summed E-state index contributed by atoms with van der Waals surface area (Å²) in [5.74, 6) is 0.0511. The van der Waals surface area contributed by atoms with Crippen LogP contribution < -0.4 is 5.32 Å². The van der Waals surface area contributed by atoms with Crippen molar-refractivity contribution < 1.29 is 27.5 Å². The van der Waals surface area contributed by atoms with Gasteiger partial charge in [-0.15, -0.1) is 0 Å². The number of sulfonamides is 1. The zero-order valence-corrected chi connectivity index (χ0v) is 20.2. The second kappa shape index (κ2) is 11.8. The van der Waals surface area contributed by atoms with E-state index in [4.69, 9.17) is 9.47 Å². The van der Waals surface area contributed by atoms with Gasteiger partial charge in [-0.1, -0.05) is 19.9 Å². The summed E-state index contributed by atoms with van der Waals surface area (Å²) in [6.45, 7) is 8.25. The molecule has 2 saturated heterocycles. The number of hydrogen-bond donors (Lipinski definition) is 1. The minimum absolute atomic E-state index is 0.146. The molecular weight excluding hydrogens is 448 g/mol. The highest BCUT2D eigenvalue weighted by molar-refractivity contribution is 7.89. The van der Waals surface area contributed by atoms with Crippen molar-refractivity contribution in [2.45, 2.75) is 25.2 Å². The van der Waals surface area contributed by atoms with Crippen molar-refractivity contribution in [2.24, 2.45) is 5.92 Å². The molecule has 0 aromatic heterocycles. The van der Waals surface area contributed by atoms with Crippen molar-refractivity contribution in [3.63, 3.8) is 0 Å². The van der Waals surface area contributed by atoms with E-state index in [1.165, 1.54) is 16.4 Å². The lowest BCUT2D eigenvalue weighted by Crippen LogP contribution is -2.40. The van der Waals surface area contributed by atoms with Crippen molar-refractivity contribution >= 4 is 27.7 Å². The van der Waals surface area contributed by atoms with Crippen molar-refractivity contribution in [1.82, 2.24) is 14.1 Å². The fourth-order valence-electron chi connectivity index (χ4n) is 3.71. The minimum Gasteiger partial charge on any atom is -0.449 e. The van der Waals surface area contributed by atoms with Gasteiger partial charge in [-0.2, -0.15) is 4.31 Å². The van der Waals surface area contributed by atoms with Crippen LogP contribution >= 0.6 is 0 Å². The number of carbonyl (C=O) groups excluding carboxylic acids is 2. The third-order valence-corrected chi connectivity index (χ3v) is 7.37. The number of rotatable bonds is 7. The molecule has 1 aromatic carbocycles. The Morgan fingerprint density at radius 2 is 1.85 bits per heavy atom. The number of ether oxygens (including phenoxy) is 2. The van der Waals surface area contributed by atoms with Crippen LogP contribution in [0.5, 0.6) is 0 Å². The first kappa shape index (κ1) is 25.4. The molecule has 184 valence electrons. The molecule has 2 heterocycles. The Morgan fingerprint density at radius 1 is 1.09 bits per heavy atom. The van der Waals surface area contributed by atoms with E-state index < -0.39 is 10.0 Å². The van der Waals surface area contributed by atoms with E-state index in [1.54, 1.807) is 17.0 Å². The number of benzene rings is 1. The van der Waals surface area contributed by atoms with Crippen LogP contribution in [0.25, 0.3) is 0 Å². The summed E-state index contributed by atoms with van der Waals surface area (Å²) in [4.78, 5) is 28.6. The van der Waals surface area contributed by atoms with Gasteiger partial charge in [0.2, 0.25) is 15.9 Å². The van der Waals surface area contributed by atoms with Crippen molar-refractivity contribution in [1.29, 1.82) is 0 Å². The van der Waals surface area contributed by atoms with Gasteiger partial charge in [0, 0.05) is 45.0 Å². The van der Waals surface area contributed by atoms with Crippen LogP contribution in [0.2, 0.25) is 0 Å². The van der Waals surface area contributed by atoms with Crippen molar-refractivity contribution in [3.8, 4) is 0 Å². The van der Waals surface area contributed by atoms with Crippen molar-refractivity contribution in [2.75, 3.05) is 71.0 Å². The lowest BCUT2D eigenvalue weighted by Gasteiger charge is -2.26. The molecule has 2 amide bonds. The summed E-state index contributed by atoms with van der Waals surface area (Å²) in [7, 11) is -3.63. The Kier molecular flexibility index (Phi) is 9.07. The van der Waals surface area contributed by atoms with Gasteiger partial charge < -0.3 is 19.7 Å². The lowest BCUT2D eigenvalue weighted by molar-refractivity contribution is -0.117. The van der Waals surface area contributed by atoms with Gasteiger partial charge >= 0.3 is 6.09 Å². The van der Waals surface area contributed by atoms with Gasteiger partial charge in [-0.25, -0.2) is 13.2 Å². The average Bonchev–Trinajstić information content (AvgIpc) is 3.03. The second-order valence-corrected chi connectivity index (χ2v) is 10.6. The zero-order valence-electron chi connectivity index (χ0n) is 19.4. The van der Waals surface area contributed by atoms with Gasteiger partial charge in [0.1, 0.15) is 0 Å². The molecule has 0 aliphatic carbocycles. The highest BCUT2D eigenvalue weighted by atomic mass is 32.2. The Labute approximate surface area is 195 Å². The first-order valence-electron chi connectivity index (χ1n) is 11.4. The van der Waals surface area contributed by atoms with E-state index in [0.29, 0.717) is 64.8 Å². The summed E-state index contributed by atoms with van der Waals surface area (Å²) in [5.41, 5.74) is 0.433. The topological polar surface area (TPSA) is 108 Å². The van der Waals surface area contributed by atoms with E-state index in [-0.39, 0.29) is 29.4 Å². The molecule has 3 rings (SSSR count). The quantitative estimate of drug-likeness (QED) is 0.627. The highest BCUT2D eigenvalue weighted by Crippen LogP contribution is 2.20. The van der Waals surface area contributed by atoms with Crippen LogP contribution in [0.3, 0.4) is 0 Å². The summed E-state index contributed by atoms with van der Waals surface area (Å²) in [5, 5.41) is 2.80. The normalized spacial score (nSPS) is 18.7. The number of hydrogen-bond acceptors (Lipinski definition) is 7. The Hall–Kier alpha value is -2.21. The zero-order chi connectivity index (χ0) is 23.8. The Balaban J connectivity index is 1.52. The molecule has 0 radical (unpaired) electrons. The number of carbonyl (C=O) groups is 2. The van der Waals surface area contributed by atoms with Crippen molar-refractivity contribution in [3.05, 3.63) is 24.3 Å². The molecule has 2 aliphatic heterocycles. The minimum atomic E-state index is -3.63. The molecule has 10 nitrogen and oxygen atoms in total. The van der Waals surface area contributed by atoms with Crippen LogP contribution in [0.15, 0.2) is 29.2 Å². The number of morpholine rings is 1. The standard InChI is InChI=1S/C22H34N4O6S/c1-18(2)17-32-22(28)25-8-4-7-24(9-10-25)16-21(27)23-19-5-3-6-20(15-19)33(29,30)26-11-13-31-14-12-26/h3,5-6,15,18H,4,7-14,16-17H2,1-2H3,(H,23,27). The monoisotopic (exact) mass is 482 g/mol. The molecule has 0 spiro atoms. The van der Waals surface area contributed by atoms with E-state index in [1.807, 2.05) is 18.7 Å². The first-order chi connectivity index (χ1) is 15.8. The van der Waals surface area contributed by atoms with Crippen LogP contribution in [-0.4, -0.2) is 100 Å². The van der Waals surface area contributed by atoms with E-state index in [9.17, 15) is 18.0 Å². The van der Waals surface area contributed by atoms with Gasteiger partial charge in [0.15, 0.2) is 0 Å². The van der Waals surface area contributed by atoms with Gasteiger partial charge in [0.25, 0.3) is 0 Å². The number of nitrogens with zero attached hydrogens (tertiary/aromatic N) is 3. The maximum Gasteiger partial charge on any atom is 0.409 e. The molecule has 1 aromatic rings. The summed E-state index contributed by atoms with van der Waals surface area (Å²) in [6, 6.07) is 6.31. The van der Waals surface area contributed by atoms with Crippen LogP contribution in [0, 0.1) is 5.92 Å². The van der Waals surface area contributed by atoms with Crippen LogP contribution in [0.4, 0.5) is 10.5 Å². The first-order valence-corrected chi connectivity index (χ1v) is 12.8. The fraction of sp³-hybridized carbons (Fsp3) is 0.636. The second-order valence-electron chi connectivity index (χ2n) is 8.68. The molecule has 11 heteroatoms. The molecular formula is C22H34N4O6S. The summed E-state index contributed by atoms with van der Waals surface area (Å²) < 4.78 is 37.6. The van der Waals surface area contributed by atoms with E-state index >= 15 is 0 Å². The number of amides is 2. The summed E-state index contributed by atoms with van der Waals surface area (Å²) in [6.07, 6.45) is 0.436. The molecule has 33 heavy (non-hydrogen) atoms. The molecule has 0 bridgehead atoms. The molecule has 0 saturated carbocycles. The van der Waals surface area contributed by atoms with Crippen LogP contribution in [-0.2, 0) is 24.3 Å². The summed E-state index contributed by atoms with van der Waals surface area (Å²) >= 11 is 0. The maximum absolute atomic E-state index is 12.9. The molecule has 2 aliphatic rings. The largest absolute Gasteiger partial charge is 0.449 e. The maximum atomic E-state index is 12.9. The Bertz CT molecular complexity index is 917. The fourth-order valence-corrected chi connectivity index (χ4v) is 5.17.